The van der Waals surface area contributed by atoms with E-state index in [-0.39, 0.29) is 5.56 Å². The molecule has 0 unspecified atom stereocenters. The minimum absolute atomic E-state index is 0.141. The Balaban J connectivity index is 3.01. The van der Waals surface area contributed by atoms with Gasteiger partial charge in [0.25, 0.3) is 0 Å². The molecule has 2 aromatic carbocycles. The quantitative estimate of drug-likeness (QED) is 0.851. The van der Waals surface area contributed by atoms with E-state index in [0.29, 0.717) is 16.5 Å². The second-order valence-corrected chi connectivity index (χ2v) is 3.55. The maximum absolute atomic E-state index is 11.1. The zero-order valence-electron chi connectivity index (χ0n) is 8.97. The van der Waals surface area contributed by atoms with Gasteiger partial charge in [0.15, 0.2) is 0 Å². The average Bonchev–Trinajstić information content (AvgIpc) is 2.36. The van der Waals surface area contributed by atoms with Crippen LogP contribution in [0.15, 0.2) is 36.9 Å². The summed E-state index contributed by atoms with van der Waals surface area (Å²) in [6.45, 7) is 3.67. The Bertz CT molecular complexity index is 666. The van der Waals surface area contributed by atoms with Gasteiger partial charge in [-0.2, -0.15) is 5.26 Å². The monoisotopic (exact) mass is 223 g/mol. The van der Waals surface area contributed by atoms with Crippen LogP contribution < -0.4 is 0 Å². The van der Waals surface area contributed by atoms with Crippen LogP contribution in [-0.2, 0) is 0 Å². The summed E-state index contributed by atoms with van der Waals surface area (Å²) in [4.78, 5) is 11.1. The fraction of sp³-hybridized carbons (Fsp3) is 0. The third-order valence-corrected chi connectivity index (χ3v) is 2.64. The average molecular weight is 223 g/mol. The van der Waals surface area contributed by atoms with Gasteiger partial charge in [0.2, 0.25) is 0 Å². The van der Waals surface area contributed by atoms with Gasteiger partial charge in [-0.1, -0.05) is 36.9 Å². The van der Waals surface area contributed by atoms with Crippen LogP contribution in [0.2, 0.25) is 0 Å². The summed E-state index contributed by atoms with van der Waals surface area (Å²) in [5.41, 5.74) is 1.15. The van der Waals surface area contributed by atoms with Gasteiger partial charge >= 0.3 is 5.97 Å². The number of hydrogen-bond donors (Lipinski definition) is 1. The molecule has 0 aromatic heterocycles. The van der Waals surface area contributed by atoms with Crippen molar-refractivity contribution in [2.24, 2.45) is 0 Å². The molecule has 2 rings (SSSR count). The van der Waals surface area contributed by atoms with E-state index in [0.717, 1.165) is 5.39 Å². The van der Waals surface area contributed by atoms with E-state index in [1.165, 1.54) is 6.07 Å². The van der Waals surface area contributed by atoms with Crippen molar-refractivity contribution in [2.45, 2.75) is 0 Å². The Morgan fingerprint density at radius 2 is 2.00 bits per heavy atom. The van der Waals surface area contributed by atoms with Crippen LogP contribution in [0.4, 0.5) is 0 Å². The van der Waals surface area contributed by atoms with Gasteiger partial charge in [-0.15, -0.1) is 0 Å². The molecule has 0 amide bonds. The SMILES string of the molecule is C=Cc1c(C#N)cc(C(=O)O)c2ccccc12. The number of carboxylic acids is 1. The first-order valence-electron chi connectivity index (χ1n) is 5.00. The number of carbonyl (C=O) groups is 1. The molecule has 0 aliphatic heterocycles. The van der Waals surface area contributed by atoms with Crippen molar-refractivity contribution in [1.29, 1.82) is 5.26 Å². The minimum atomic E-state index is -1.03. The highest BCUT2D eigenvalue weighted by atomic mass is 16.4. The first-order chi connectivity index (χ1) is 8.19. The highest BCUT2D eigenvalue weighted by molar-refractivity contribution is 6.07. The normalized spacial score (nSPS) is 9.82. The maximum atomic E-state index is 11.1. The van der Waals surface area contributed by atoms with E-state index >= 15 is 0 Å². The Morgan fingerprint density at radius 1 is 1.35 bits per heavy atom. The highest BCUT2D eigenvalue weighted by Crippen LogP contribution is 2.27. The molecule has 0 aliphatic rings. The molecule has 1 N–H and O–H groups in total. The second kappa shape index (κ2) is 4.11. The van der Waals surface area contributed by atoms with Crippen molar-refractivity contribution < 1.29 is 9.90 Å². The molecule has 0 saturated carbocycles. The molecule has 0 fully saturated rings. The predicted molar refractivity (Wildman–Crippen MR) is 65.7 cm³/mol. The van der Waals surface area contributed by atoms with Gasteiger partial charge in [0.1, 0.15) is 0 Å². The van der Waals surface area contributed by atoms with E-state index in [2.05, 4.69) is 6.58 Å². The minimum Gasteiger partial charge on any atom is -0.478 e. The summed E-state index contributed by atoms with van der Waals surface area (Å²) in [6.07, 6.45) is 1.58. The number of hydrogen-bond acceptors (Lipinski definition) is 2. The number of benzene rings is 2. The van der Waals surface area contributed by atoms with Gasteiger partial charge in [0, 0.05) is 0 Å². The summed E-state index contributed by atoms with van der Waals surface area (Å²) in [6, 6.07) is 10.5. The van der Waals surface area contributed by atoms with Crippen LogP contribution >= 0.6 is 0 Å². The van der Waals surface area contributed by atoms with Crippen LogP contribution in [0, 0.1) is 11.3 Å². The van der Waals surface area contributed by atoms with Crippen LogP contribution in [0.25, 0.3) is 16.8 Å². The number of aromatic carboxylic acids is 1. The van der Waals surface area contributed by atoms with Crippen molar-refractivity contribution in [3.05, 3.63) is 53.6 Å². The first kappa shape index (κ1) is 10.9. The molecule has 0 bridgehead atoms. The molecule has 0 radical (unpaired) electrons. The lowest BCUT2D eigenvalue weighted by Crippen LogP contribution is -2.00. The van der Waals surface area contributed by atoms with Crippen molar-refractivity contribution in [2.75, 3.05) is 0 Å². The van der Waals surface area contributed by atoms with Crippen LogP contribution in [0.5, 0.6) is 0 Å². The van der Waals surface area contributed by atoms with Crippen molar-refractivity contribution in [1.82, 2.24) is 0 Å². The third-order valence-electron chi connectivity index (χ3n) is 2.64. The highest BCUT2D eigenvalue weighted by Gasteiger charge is 2.13. The Kier molecular flexibility index (Phi) is 2.63. The van der Waals surface area contributed by atoms with Crippen molar-refractivity contribution >= 4 is 22.8 Å². The standard InChI is InChI=1S/C14H9NO2/c1-2-10-9(8-15)7-13(14(16)17)12-6-4-3-5-11(10)12/h2-7H,1H2,(H,16,17). The summed E-state index contributed by atoms with van der Waals surface area (Å²) in [7, 11) is 0. The zero-order valence-corrected chi connectivity index (χ0v) is 8.97. The largest absolute Gasteiger partial charge is 0.478 e. The fourth-order valence-electron chi connectivity index (χ4n) is 1.89. The summed E-state index contributed by atoms with van der Waals surface area (Å²) in [5, 5.41) is 19.5. The van der Waals surface area contributed by atoms with E-state index in [9.17, 15) is 4.79 Å². The lowest BCUT2D eigenvalue weighted by molar-refractivity contribution is 0.0699. The molecule has 3 nitrogen and oxygen atoms in total. The lowest BCUT2D eigenvalue weighted by atomic mass is 9.95. The second-order valence-electron chi connectivity index (χ2n) is 3.55. The summed E-state index contributed by atoms with van der Waals surface area (Å²) >= 11 is 0. The van der Waals surface area contributed by atoms with E-state index < -0.39 is 5.97 Å². The Labute approximate surface area is 98.2 Å². The summed E-state index contributed by atoms with van der Waals surface area (Å²) < 4.78 is 0. The zero-order chi connectivity index (χ0) is 12.4. The van der Waals surface area contributed by atoms with Gasteiger partial charge < -0.3 is 5.11 Å². The van der Waals surface area contributed by atoms with E-state index in [4.69, 9.17) is 10.4 Å². The van der Waals surface area contributed by atoms with Gasteiger partial charge in [-0.3, -0.25) is 0 Å². The number of nitriles is 1. The van der Waals surface area contributed by atoms with Crippen LogP contribution in [0.3, 0.4) is 0 Å². The van der Waals surface area contributed by atoms with Gasteiger partial charge in [-0.25, -0.2) is 4.79 Å². The van der Waals surface area contributed by atoms with Gasteiger partial charge in [-0.05, 0) is 22.4 Å². The van der Waals surface area contributed by atoms with Crippen LogP contribution in [-0.4, -0.2) is 11.1 Å². The number of nitrogens with zero attached hydrogens (tertiary/aromatic N) is 1. The molecule has 82 valence electrons. The van der Waals surface area contributed by atoms with Crippen molar-refractivity contribution in [3.63, 3.8) is 0 Å². The van der Waals surface area contributed by atoms with E-state index in [1.54, 1.807) is 24.3 Å². The molecule has 2 aromatic rings. The Morgan fingerprint density at radius 3 is 2.53 bits per heavy atom. The predicted octanol–water partition coefficient (Wildman–Crippen LogP) is 3.05. The fourth-order valence-corrected chi connectivity index (χ4v) is 1.89. The Hall–Kier alpha value is -2.60. The molecule has 0 heterocycles. The lowest BCUT2D eigenvalue weighted by Gasteiger charge is -2.07. The van der Waals surface area contributed by atoms with E-state index in [1.807, 2.05) is 12.1 Å². The smallest absolute Gasteiger partial charge is 0.336 e. The molecule has 0 atom stereocenters. The number of rotatable bonds is 2. The molecule has 17 heavy (non-hydrogen) atoms. The third kappa shape index (κ3) is 1.66. The molecule has 0 aliphatic carbocycles. The number of fused-ring (bicyclic) bond motifs is 1. The van der Waals surface area contributed by atoms with Crippen molar-refractivity contribution in [3.8, 4) is 6.07 Å². The molecule has 0 spiro atoms. The summed E-state index contributed by atoms with van der Waals surface area (Å²) in [5.74, 6) is -1.03. The molecule has 3 heteroatoms. The maximum Gasteiger partial charge on any atom is 0.336 e. The van der Waals surface area contributed by atoms with Gasteiger partial charge in [0.05, 0.1) is 17.2 Å². The van der Waals surface area contributed by atoms with Crippen LogP contribution in [0.1, 0.15) is 21.5 Å². The molecular weight excluding hydrogens is 214 g/mol. The molecule has 0 saturated heterocycles. The topological polar surface area (TPSA) is 61.1 Å². The number of carboxylic acid groups (broad SMARTS) is 1. The molecular formula is C14H9NO2. The first-order valence-corrected chi connectivity index (χ1v) is 5.00.